The van der Waals surface area contributed by atoms with Crippen LogP contribution >= 0.6 is 0 Å². The van der Waals surface area contributed by atoms with E-state index in [1.165, 1.54) is 11.1 Å². The number of carbonyl (C=O) groups is 1. The zero-order chi connectivity index (χ0) is 16.9. The number of rotatable bonds is 5. The molecule has 1 saturated heterocycles. The Bertz CT molecular complexity index is 654. The monoisotopic (exact) mass is 327 g/mol. The number of imidazole rings is 1. The van der Waals surface area contributed by atoms with Gasteiger partial charge in [-0.3, -0.25) is 4.79 Å². The van der Waals surface area contributed by atoms with Gasteiger partial charge in [-0.05, 0) is 49.9 Å². The Morgan fingerprint density at radius 3 is 2.54 bits per heavy atom. The van der Waals surface area contributed by atoms with Crippen molar-refractivity contribution in [3.63, 3.8) is 0 Å². The Balaban J connectivity index is 1.43. The van der Waals surface area contributed by atoms with Crippen LogP contribution in [0.3, 0.4) is 0 Å². The lowest BCUT2D eigenvalue weighted by atomic mass is 10.0. The zero-order valence-corrected chi connectivity index (χ0v) is 14.4. The smallest absolute Gasteiger partial charge is 0.225 e. The second-order valence-electron chi connectivity index (χ2n) is 6.54. The van der Waals surface area contributed by atoms with E-state index in [1.54, 1.807) is 0 Å². The molecule has 128 valence electrons. The molecule has 0 radical (unpaired) electrons. The van der Waals surface area contributed by atoms with Crippen LogP contribution in [-0.4, -0.2) is 40.1 Å². The van der Waals surface area contributed by atoms with E-state index in [4.69, 9.17) is 4.74 Å². The molecule has 5 heteroatoms. The van der Waals surface area contributed by atoms with Crippen LogP contribution in [0.4, 0.5) is 0 Å². The minimum atomic E-state index is 0.184. The van der Waals surface area contributed by atoms with Crippen LogP contribution in [0.15, 0.2) is 36.9 Å². The summed E-state index contributed by atoms with van der Waals surface area (Å²) in [5.41, 5.74) is 2.36. The van der Waals surface area contributed by atoms with Gasteiger partial charge in [0.25, 0.3) is 0 Å². The Kier molecular flexibility index (Phi) is 5.18. The normalized spacial score (nSPS) is 15.5. The second-order valence-corrected chi connectivity index (χ2v) is 6.54. The van der Waals surface area contributed by atoms with E-state index in [0.29, 0.717) is 19.1 Å². The van der Waals surface area contributed by atoms with Crippen molar-refractivity contribution < 1.29 is 9.53 Å². The van der Waals surface area contributed by atoms with Crippen molar-refractivity contribution in [3.05, 3.63) is 48.0 Å². The molecule has 0 atom stereocenters. The highest BCUT2D eigenvalue weighted by Crippen LogP contribution is 2.22. The van der Waals surface area contributed by atoms with Crippen molar-refractivity contribution >= 4 is 5.91 Å². The van der Waals surface area contributed by atoms with Gasteiger partial charge < -0.3 is 14.2 Å². The lowest BCUT2D eigenvalue weighted by molar-refractivity contribution is -0.133. The summed E-state index contributed by atoms with van der Waals surface area (Å²) < 4.78 is 7.89. The first-order chi connectivity index (χ1) is 11.6. The van der Waals surface area contributed by atoms with Crippen molar-refractivity contribution in [2.45, 2.75) is 39.2 Å². The third-order valence-corrected chi connectivity index (χ3v) is 4.54. The van der Waals surface area contributed by atoms with Crippen LogP contribution < -0.4 is 4.74 Å². The van der Waals surface area contributed by atoms with Gasteiger partial charge in [-0.1, -0.05) is 6.07 Å². The third kappa shape index (κ3) is 4.16. The fourth-order valence-corrected chi connectivity index (χ4v) is 3.33. The van der Waals surface area contributed by atoms with Gasteiger partial charge in [0.05, 0.1) is 19.4 Å². The van der Waals surface area contributed by atoms with E-state index in [0.717, 1.165) is 31.7 Å². The molecule has 0 aliphatic carbocycles. The van der Waals surface area contributed by atoms with Gasteiger partial charge in [-0.25, -0.2) is 4.98 Å². The van der Waals surface area contributed by atoms with E-state index in [-0.39, 0.29) is 5.91 Å². The highest BCUT2D eigenvalue weighted by molar-refractivity contribution is 5.76. The highest BCUT2D eigenvalue weighted by Gasteiger charge is 2.23. The summed E-state index contributed by atoms with van der Waals surface area (Å²) in [5, 5.41) is 0. The molecule has 0 spiro atoms. The zero-order valence-electron chi connectivity index (χ0n) is 14.4. The summed E-state index contributed by atoms with van der Waals surface area (Å²) in [6.07, 6.45) is 8.07. The number of ether oxygens (including phenoxy) is 1. The fourth-order valence-electron chi connectivity index (χ4n) is 3.33. The van der Waals surface area contributed by atoms with Gasteiger partial charge in [-0.2, -0.15) is 0 Å². The van der Waals surface area contributed by atoms with Gasteiger partial charge >= 0.3 is 0 Å². The number of amides is 1. The van der Waals surface area contributed by atoms with Gasteiger partial charge in [0.2, 0.25) is 5.91 Å². The standard InChI is InChI=1S/C19H25N3O2/c1-15-11-16(2)13-18(12-15)24-10-5-19(23)21-7-3-17(4-8-21)22-9-6-20-14-22/h6,9,11-14,17H,3-5,7-8,10H2,1-2H3. The van der Waals surface area contributed by atoms with E-state index in [9.17, 15) is 4.79 Å². The number of benzene rings is 1. The molecule has 1 aliphatic rings. The average molecular weight is 327 g/mol. The lowest BCUT2D eigenvalue weighted by Gasteiger charge is -2.32. The van der Waals surface area contributed by atoms with Gasteiger partial charge in [-0.15, -0.1) is 0 Å². The molecule has 3 rings (SSSR count). The summed E-state index contributed by atoms with van der Waals surface area (Å²) in [6, 6.07) is 6.59. The summed E-state index contributed by atoms with van der Waals surface area (Å²) >= 11 is 0. The molecule has 0 saturated carbocycles. The van der Waals surface area contributed by atoms with E-state index < -0.39 is 0 Å². The van der Waals surface area contributed by atoms with Crippen LogP contribution in [0.25, 0.3) is 0 Å². The number of carbonyl (C=O) groups excluding carboxylic acids is 1. The molecule has 2 heterocycles. The Morgan fingerprint density at radius 1 is 1.21 bits per heavy atom. The average Bonchev–Trinajstić information content (AvgIpc) is 3.08. The number of hydrogen-bond donors (Lipinski definition) is 0. The van der Waals surface area contributed by atoms with Crippen LogP contribution in [0.2, 0.25) is 0 Å². The molecule has 1 aromatic heterocycles. The summed E-state index contributed by atoms with van der Waals surface area (Å²) in [5.74, 6) is 1.03. The fraction of sp³-hybridized carbons (Fsp3) is 0.474. The summed E-state index contributed by atoms with van der Waals surface area (Å²) in [6.45, 7) is 6.16. The summed E-state index contributed by atoms with van der Waals surface area (Å²) in [7, 11) is 0. The van der Waals surface area contributed by atoms with Crippen molar-refractivity contribution in [2.24, 2.45) is 0 Å². The Hall–Kier alpha value is -2.30. The SMILES string of the molecule is Cc1cc(C)cc(OCCC(=O)N2CCC(n3ccnc3)CC2)c1. The van der Waals surface area contributed by atoms with Crippen molar-refractivity contribution in [2.75, 3.05) is 19.7 Å². The first-order valence-electron chi connectivity index (χ1n) is 8.58. The number of hydrogen-bond acceptors (Lipinski definition) is 3. The Labute approximate surface area is 143 Å². The predicted molar refractivity (Wildman–Crippen MR) is 93.1 cm³/mol. The minimum Gasteiger partial charge on any atom is -0.493 e. The quantitative estimate of drug-likeness (QED) is 0.847. The first kappa shape index (κ1) is 16.6. The van der Waals surface area contributed by atoms with Crippen LogP contribution in [0.1, 0.15) is 36.4 Å². The van der Waals surface area contributed by atoms with Crippen molar-refractivity contribution in [1.29, 1.82) is 0 Å². The lowest BCUT2D eigenvalue weighted by Crippen LogP contribution is -2.39. The molecule has 1 fully saturated rings. The first-order valence-corrected chi connectivity index (χ1v) is 8.58. The Morgan fingerprint density at radius 2 is 1.92 bits per heavy atom. The van der Waals surface area contributed by atoms with E-state index >= 15 is 0 Å². The van der Waals surface area contributed by atoms with Gasteiger partial charge in [0.1, 0.15) is 5.75 Å². The van der Waals surface area contributed by atoms with Crippen molar-refractivity contribution in [3.8, 4) is 5.75 Å². The molecule has 0 unspecified atom stereocenters. The second kappa shape index (κ2) is 7.51. The maximum absolute atomic E-state index is 12.3. The van der Waals surface area contributed by atoms with Gasteiger partial charge in [0, 0.05) is 31.5 Å². The molecule has 1 amide bonds. The molecule has 5 nitrogen and oxygen atoms in total. The molecule has 1 aromatic carbocycles. The molecule has 0 N–H and O–H groups in total. The summed E-state index contributed by atoms with van der Waals surface area (Å²) in [4.78, 5) is 18.4. The topological polar surface area (TPSA) is 47.4 Å². The molecular formula is C19H25N3O2. The molecule has 24 heavy (non-hydrogen) atoms. The number of aromatic nitrogens is 2. The van der Waals surface area contributed by atoms with Crippen LogP contribution in [0.5, 0.6) is 5.75 Å². The maximum atomic E-state index is 12.3. The van der Waals surface area contributed by atoms with Crippen LogP contribution in [-0.2, 0) is 4.79 Å². The molecule has 2 aromatic rings. The van der Waals surface area contributed by atoms with Crippen LogP contribution in [0, 0.1) is 13.8 Å². The number of likely N-dealkylation sites (tertiary alicyclic amines) is 1. The maximum Gasteiger partial charge on any atom is 0.225 e. The number of nitrogens with zero attached hydrogens (tertiary/aromatic N) is 3. The predicted octanol–water partition coefficient (Wildman–Crippen LogP) is 3.13. The third-order valence-electron chi connectivity index (χ3n) is 4.54. The number of aryl methyl sites for hydroxylation is 2. The molecule has 1 aliphatic heterocycles. The van der Waals surface area contributed by atoms with E-state index in [1.807, 2.05) is 35.8 Å². The largest absolute Gasteiger partial charge is 0.493 e. The number of piperidine rings is 1. The van der Waals surface area contributed by atoms with Crippen molar-refractivity contribution in [1.82, 2.24) is 14.5 Å². The minimum absolute atomic E-state index is 0.184. The molecular weight excluding hydrogens is 302 g/mol. The highest BCUT2D eigenvalue weighted by atomic mass is 16.5. The van der Waals surface area contributed by atoms with Gasteiger partial charge in [0.15, 0.2) is 0 Å². The van der Waals surface area contributed by atoms with E-state index in [2.05, 4.69) is 29.5 Å². The molecule has 0 bridgehead atoms.